The van der Waals surface area contributed by atoms with Gasteiger partial charge in [0.25, 0.3) is 10.0 Å². The van der Waals surface area contributed by atoms with Crippen LogP contribution in [0.1, 0.15) is 17.0 Å². The molecule has 0 aliphatic heterocycles. The number of carbonyl (C=O) groups is 1. The molecule has 3 rings (SSSR count). The van der Waals surface area contributed by atoms with Crippen LogP contribution in [0, 0.1) is 19.7 Å². The fraction of sp³-hybridized carbons (Fsp3) is 0.190. The van der Waals surface area contributed by atoms with E-state index in [0.29, 0.717) is 22.8 Å². The molecule has 2 N–H and O–H groups in total. The number of rotatable bonds is 8. The first-order valence-corrected chi connectivity index (χ1v) is 11.9. The Morgan fingerprint density at radius 1 is 1.00 bits per heavy atom. The molecule has 1 aromatic heterocycles. The molecule has 0 radical (unpaired) electrons. The second kappa shape index (κ2) is 9.88. The fourth-order valence-corrected chi connectivity index (χ4v) is 4.44. The molecule has 0 saturated heterocycles. The first-order valence-electron chi connectivity index (χ1n) is 9.28. The maximum atomic E-state index is 12.9. The van der Waals surface area contributed by atoms with E-state index in [4.69, 9.17) is 0 Å². The van der Waals surface area contributed by atoms with Gasteiger partial charge in [0.1, 0.15) is 5.82 Å². The van der Waals surface area contributed by atoms with Crippen LogP contribution < -0.4 is 10.0 Å². The van der Waals surface area contributed by atoms with Gasteiger partial charge in [-0.3, -0.25) is 4.79 Å². The molecule has 0 aliphatic rings. The lowest BCUT2D eigenvalue weighted by Gasteiger charge is -2.09. The summed E-state index contributed by atoms with van der Waals surface area (Å²) in [5, 5.41) is 2.72. The summed E-state index contributed by atoms with van der Waals surface area (Å²) in [7, 11) is -3.86. The maximum absolute atomic E-state index is 12.9. The Morgan fingerprint density at radius 3 is 2.23 bits per heavy atom. The minimum Gasteiger partial charge on any atom is -0.325 e. The van der Waals surface area contributed by atoms with Crippen LogP contribution >= 0.6 is 11.8 Å². The molecule has 1 amide bonds. The summed E-state index contributed by atoms with van der Waals surface area (Å²) in [4.78, 5) is 20.3. The van der Waals surface area contributed by atoms with Crippen LogP contribution in [0.25, 0.3) is 0 Å². The van der Waals surface area contributed by atoms with Gasteiger partial charge in [0.05, 0.1) is 10.6 Å². The third-order valence-electron chi connectivity index (χ3n) is 4.07. The summed E-state index contributed by atoms with van der Waals surface area (Å²) in [6.07, 6.45) is 0. The lowest BCUT2D eigenvalue weighted by atomic mass is 10.2. The molecule has 31 heavy (non-hydrogen) atoms. The van der Waals surface area contributed by atoms with E-state index in [1.165, 1.54) is 48.2 Å². The third-order valence-corrected chi connectivity index (χ3v) is 6.42. The van der Waals surface area contributed by atoms with Gasteiger partial charge in [0.15, 0.2) is 0 Å². The molecule has 0 bridgehead atoms. The number of benzene rings is 2. The predicted octanol–water partition coefficient (Wildman–Crippen LogP) is 3.91. The van der Waals surface area contributed by atoms with Crippen molar-refractivity contribution in [1.82, 2.24) is 9.97 Å². The minimum atomic E-state index is -3.86. The van der Waals surface area contributed by atoms with E-state index in [9.17, 15) is 17.6 Å². The van der Waals surface area contributed by atoms with Crippen molar-refractivity contribution < 1.29 is 17.6 Å². The van der Waals surface area contributed by atoms with Crippen LogP contribution in [-0.2, 0) is 20.6 Å². The van der Waals surface area contributed by atoms with Crippen molar-refractivity contribution in [2.75, 3.05) is 15.8 Å². The molecular weight excluding hydrogens is 439 g/mol. The summed E-state index contributed by atoms with van der Waals surface area (Å²) < 4.78 is 40.4. The molecule has 3 aromatic rings. The highest BCUT2D eigenvalue weighted by atomic mass is 32.2. The molecule has 7 nitrogen and oxygen atoms in total. The predicted molar refractivity (Wildman–Crippen MR) is 120 cm³/mol. The number of amides is 1. The van der Waals surface area contributed by atoms with Gasteiger partial charge in [-0.05, 0) is 61.9 Å². The second-order valence-corrected chi connectivity index (χ2v) is 9.44. The molecular formula is C21H21FN4O3S2. The Morgan fingerprint density at radius 2 is 1.61 bits per heavy atom. The standard InChI is InChI=1S/C21H21FN4O3S2/c1-14-11-15(2)24-21(23-14)26-31(28,29)19-9-7-18(8-10-19)25-20(27)13-30-12-16-3-5-17(22)6-4-16/h3-11H,12-13H2,1-2H3,(H,25,27)(H,23,24,26). The number of carbonyl (C=O) groups excluding carboxylic acids is 1. The van der Waals surface area contributed by atoms with Gasteiger partial charge in [-0.15, -0.1) is 11.8 Å². The quantitative estimate of drug-likeness (QED) is 0.529. The topological polar surface area (TPSA) is 101 Å². The average molecular weight is 461 g/mol. The van der Waals surface area contributed by atoms with E-state index < -0.39 is 10.0 Å². The van der Waals surface area contributed by atoms with Crippen molar-refractivity contribution in [2.45, 2.75) is 24.5 Å². The molecule has 0 spiro atoms. The highest BCUT2D eigenvalue weighted by molar-refractivity contribution is 7.99. The van der Waals surface area contributed by atoms with E-state index in [-0.39, 0.29) is 28.3 Å². The zero-order valence-electron chi connectivity index (χ0n) is 16.9. The monoisotopic (exact) mass is 460 g/mol. The Labute approximate surface area is 184 Å². The highest BCUT2D eigenvalue weighted by Gasteiger charge is 2.16. The number of aryl methyl sites for hydroxylation is 2. The fourth-order valence-electron chi connectivity index (χ4n) is 2.71. The minimum absolute atomic E-state index is 0.00746. The number of hydrogen-bond donors (Lipinski definition) is 2. The van der Waals surface area contributed by atoms with Gasteiger partial charge in [0, 0.05) is 22.8 Å². The van der Waals surface area contributed by atoms with Crippen LogP contribution in [0.15, 0.2) is 59.5 Å². The van der Waals surface area contributed by atoms with Crippen LogP contribution in [0.5, 0.6) is 0 Å². The Kier molecular flexibility index (Phi) is 7.24. The first kappa shape index (κ1) is 22.7. The number of thioether (sulfide) groups is 1. The zero-order valence-corrected chi connectivity index (χ0v) is 18.6. The summed E-state index contributed by atoms with van der Waals surface area (Å²) in [5.74, 6) is 0.284. The average Bonchev–Trinajstić information content (AvgIpc) is 2.69. The SMILES string of the molecule is Cc1cc(C)nc(NS(=O)(=O)c2ccc(NC(=O)CSCc3ccc(F)cc3)cc2)n1. The van der Waals surface area contributed by atoms with Crippen LogP contribution in [-0.4, -0.2) is 30.0 Å². The molecule has 0 fully saturated rings. The number of anilines is 2. The van der Waals surface area contributed by atoms with Gasteiger partial charge in [0.2, 0.25) is 11.9 Å². The number of aromatic nitrogens is 2. The summed E-state index contributed by atoms with van der Waals surface area (Å²) in [5.41, 5.74) is 2.71. The van der Waals surface area contributed by atoms with E-state index in [0.717, 1.165) is 5.56 Å². The molecule has 0 atom stereocenters. The third kappa shape index (κ3) is 6.76. The van der Waals surface area contributed by atoms with Gasteiger partial charge < -0.3 is 5.32 Å². The number of nitrogens with zero attached hydrogens (tertiary/aromatic N) is 2. The van der Waals surface area contributed by atoms with E-state index in [1.807, 2.05) is 0 Å². The Balaban J connectivity index is 1.55. The largest absolute Gasteiger partial charge is 0.325 e. The molecule has 1 heterocycles. The number of nitrogens with one attached hydrogen (secondary N) is 2. The normalized spacial score (nSPS) is 11.2. The van der Waals surface area contributed by atoms with Crippen molar-refractivity contribution in [2.24, 2.45) is 0 Å². The van der Waals surface area contributed by atoms with E-state index >= 15 is 0 Å². The van der Waals surface area contributed by atoms with Crippen molar-refractivity contribution in [3.8, 4) is 0 Å². The van der Waals surface area contributed by atoms with Crippen LogP contribution in [0.3, 0.4) is 0 Å². The van der Waals surface area contributed by atoms with Crippen molar-refractivity contribution >= 4 is 39.3 Å². The van der Waals surface area contributed by atoms with Gasteiger partial charge in [-0.25, -0.2) is 27.5 Å². The number of halogens is 1. The van der Waals surface area contributed by atoms with E-state index in [1.54, 1.807) is 32.0 Å². The molecule has 0 unspecified atom stereocenters. The van der Waals surface area contributed by atoms with Crippen molar-refractivity contribution in [3.63, 3.8) is 0 Å². The van der Waals surface area contributed by atoms with Crippen LogP contribution in [0.2, 0.25) is 0 Å². The molecule has 10 heteroatoms. The van der Waals surface area contributed by atoms with Crippen LogP contribution in [0.4, 0.5) is 16.0 Å². The van der Waals surface area contributed by atoms with E-state index in [2.05, 4.69) is 20.0 Å². The molecule has 0 saturated carbocycles. The van der Waals surface area contributed by atoms with Gasteiger partial charge in [-0.2, -0.15) is 0 Å². The molecule has 162 valence electrons. The summed E-state index contributed by atoms with van der Waals surface area (Å²) in [6, 6.07) is 13.7. The van der Waals surface area contributed by atoms with Crippen molar-refractivity contribution in [1.29, 1.82) is 0 Å². The Bertz CT molecular complexity index is 1150. The van der Waals surface area contributed by atoms with Crippen molar-refractivity contribution in [3.05, 3.63) is 77.4 Å². The second-order valence-electron chi connectivity index (χ2n) is 6.77. The lowest BCUT2D eigenvalue weighted by molar-refractivity contribution is -0.113. The van der Waals surface area contributed by atoms with Gasteiger partial charge >= 0.3 is 0 Å². The smallest absolute Gasteiger partial charge is 0.264 e. The maximum Gasteiger partial charge on any atom is 0.264 e. The zero-order chi connectivity index (χ0) is 22.4. The highest BCUT2D eigenvalue weighted by Crippen LogP contribution is 2.18. The number of hydrogen-bond acceptors (Lipinski definition) is 6. The molecule has 2 aromatic carbocycles. The summed E-state index contributed by atoms with van der Waals surface area (Å²) in [6.45, 7) is 3.50. The Hall–Kier alpha value is -2.98. The van der Waals surface area contributed by atoms with Gasteiger partial charge in [-0.1, -0.05) is 12.1 Å². The molecule has 0 aliphatic carbocycles. The summed E-state index contributed by atoms with van der Waals surface area (Å²) >= 11 is 1.40. The number of sulfonamides is 1. The lowest BCUT2D eigenvalue weighted by Crippen LogP contribution is -2.16. The first-order chi connectivity index (χ1) is 14.7.